The zero-order valence-electron chi connectivity index (χ0n) is 19.5. The Morgan fingerprint density at radius 3 is 2.35 bits per heavy atom. The van der Waals surface area contributed by atoms with Crippen LogP contribution >= 0.6 is 0 Å². The SMILES string of the molecule is CCc1nc2cccc(C)c2n1-c1ccc(CCNC(=O)NS(=O)(=O)c2ccc(C)cc2)cc1. The van der Waals surface area contributed by atoms with E-state index in [0.717, 1.165) is 40.1 Å². The number of hydrogen-bond donors (Lipinski definition) is 2. The Kier molecular flexibility index (Phi) is 6.70. The molecule has 0 bridgehead atoms. The van der Waals surface area contributed by atoms with Crippen molar-refractivity contribution in [3.8, 4) is 5.69 Å². The van der Waals surface area contributed by atoms with Gasteiger partial charge in [0.15, 0.2) is 0 Å². The van der Waals surface area contributed by atoms with Gasteiger partial charge in [-0.15, -0.1) is 0 Å². The number of nitrogens with zero attached hydrogens (tertiary/aromatic N) is 2. The number of fused-ring (bicyclic) bond motifs is 1. The second kappa shape index (κ2) is 9.69. The maximum Gasteiger partial charge on any atom is 0.328 e. The van der Waals surface area contributed by atoms with Gasteiger partial charge in [-0.1, -0.05) is 48.9 Å². The van der Waals surface area contributed by atoms with Crippen LogP contribution in [-0.4, -0.2) is 30.5 Å². The molecule has 4 rings (SSSR count). The molecule has 0 aliphatic rings. The molecule has 0 atom stereocenters. The molecular formula is C26H28N4O3S. The lowest BCUT2D eigenvalue weighted by Gasteiger charge is -2.11. The van der Waals surface area contributed by atoms with E-state index in [0.29, 0.717) is 13.0 Å². The number of rotatable bonds is 7. The number of carbonyl (C=O) groups is 1. The van der Waals surface area contributed by atoms with E-state index in [4.69, 9.17) is 4.98 Å². The fourth-order valence-corrected chi connectivity index (χ4v) is 4.85. The number of urea groups is 1. The van der Waals surface area contributed by atoms with Crippen LogP contribution in [0.2, 0.25) is 0 Å². The van der Waals surface area contributed by atoms with Crippen molar-refractivity contribution in [2.45, 2.75) is 38.5 Å². The summed E-state index contributed by atoms with van der Waals surface area (Å²) in [5, 5.41) is 2.62. The Labute approximate surface area is 199 Å². The van der Waals surface area contributed by atoms with Crippen LogP contribution in [0.1, 0.15) is 29.4 Å². The van der Waals surface area contributed by atoms with E-state index >= 15 is 0 Å². The molecule has 0 spiro atoms. The van der Waals surface area contributed by atoms with Crippen molar-refractivity contribution in [1.82, 2.24) is 19.6 Å². The fourth-order valence-electron chi connectivity index (χ4n) is 3.92. The van der Waals surface area contributed by atoms with E-state index in [1.165, 1.54) is 17.7 Å². The second-order valence-corrected chi connectivity index (χ2v) is 9.93. The van der Waals surface area contributed by atoms with E-state index in [2.05, 4.69) is 34.5 Å². The number of aryl methyl sites for hydroxylation is 3. The summed E-state index contributed by atoms with van der Waals surface area (Å²) in [6.07, 6.45) is 1.39. The lowest BCUT2D eigenvalue weighted by atomic mass is 10.1. The summed E-state index contributed by atoms with van der Waals surface area (Å²) < 4.78 is 28.9. The van der Waals surface area contributed by atoms with Crippen LogP contribution in [0.4, 0.5) is 4.79 Å². The van der Waals surface area contributed by atoms with Crippen LogP contribution < -0.4 is 10.0 Å². The van der Waals surface area contributed by atoms with Crippen LogP contribution in [0.3, 0.4) is 0 Å². The largest absolute Gasteiger partial charge is 0.337 e. The molecule has 0 fully saturated rings. The Balaban J connectivity index is 1.39. The first-order valence-electron chi connectivity index (χ1n) is 11.2. The van der Waals surface area contributed by atoms with Gasteiger partial charge in [0.1, 0.15) is 5.82 Å². The van der Waals surface area contributed by atoms with Crippen molar-refractivity contribution in [2.75, 3.05) is 6.54 Å². The molecule has 0 aliphatic heterocycles. The molecule has 0 saturated heterocycles. The van der Waals surface area contributed by atoms with Gasteiger partial charge in [0, 0.05) is 18.7 Å². The summed E-state index contributed by atoms with van der Waals surface area (Å²) in [4.78, 5) is 16.9. The lowest BCUT2D eigenvalue weighted by molar-refractivity contribution is 0.246. The van der Waals surface area contributed by atoms with Crippen molar-refractivity contribution in [3.05, 3.63) is 89.2 Å². The average Bonchev–Trinajstić information content (AvgIpc) is 3.19. The quantitative estimate of drug-likeness (QED) is 0.413. The van der Waals surface area contributed by atoms with Crippen LogP contribution in [-0.2, 0) is 22.9 Å². The molecule has 0 radical (unpaired) electrons. The van der Waals surface area contributed by atoms with E-state index in [-0.39, 0.29) is 4.90 Å². The van der Waals surface area contributed by atoms with E-state index in [1.54, 1.807) is 12.1 Å². The van der Waals surface area contributed by atoms with Gasteiger partial charge in [-0.3, -0.25) is 4.57 Å². The number of sulfonamides is 1. The molecule has 34 heavy (non-hydrogen) atoms. The summed E-state index contributed by atoms with van der Waals surface area (Å²) in [5.74, 6) is 1.00. The third-order valence-corrected chi connectivity index (χ3v) is 7.06. The summed E-state index contributed by atoms with van der Waals surface area (Å²) >= 11 is 0. The zero-order valence-corrected chi connectivity index (χ0v) is 20.3. The second-order valence-electron chi connectivity index (χ2n) is 8.25. The molecule has 1 heterocycles. The molecule has 0 unspecified atom stereocenters. The number of para-hydroxylation sites is 1. The van der Waals surface area contributed by atoms with Gasteiger partial charge >= 0.3 is 6.03 Å². The maximum atomic E-state index is 12.3. The zero-order chi connectivity index (χ0) is 24.3. The number of carbonyl (C=O) groups excluding carboxylic acids is 1. The van der Waals surface area contributed by atoms with Gasteiger partial charge in [0.25, 0.3) is 10.0 Å². The van der Waals surface area contributed by atoms with Gasteiger partial charge in [0.2, 0.25) is 0 Å². The Morgan fingerprint density at radius 1 is 0.971 bits per heavy atom. The van der Waals surface area contributed by atoms with Crippen LogP contribution in [0, 0.1) is 13.8 Å². The predicted octanol–water partition coefficient (Wildman–Crippen LogP) is 4.44. The first-order valence-corrected chi connectivity index (χ1v) is 12.7. The highest BCUT2D eigenvalue weighted by atomic mass is 32.2. The molecule has 8 heteroatoms. The number of aromatic nitrogens is 2. The summed E-state index contributed by atoms with van der Waals surface area (Å²) in [7, 11) is -3.90. The maximum absolute atomic E-state index is 12.3. The highest BCUT2D eigenvalue weighted by Gasteiger charge is 2.17. The smallest absolute Gasteiger partial charge is 0.328 e. The van der Waals surface area contributed by atoms with Gasteiger partial charge in [0.05, 0.1) is 15.9 Å². The number of imidazole rings is 1. The van der Waals surface area contributed by atoms with Crippen molar-refractivity contribution in [3.63, 3.8) is 0 Å². The van der Waals surface area contributed by atoms with Crippen molar-refractivity contribution >= 4 is 27.1 Å². The van der Waals surface area contributed by atoms with Gasteiger partial charge in [-0.25, -0.2) is 22.9 Å². The summed E-state index contributed by atoms with van der Waals surface area (Å²) in [6.45, 7) is 6.35. The fraction of sp³-hybridized carbons (Fsp3) is 0.231. The highest BCUT2D eigenvalue weighted by molar-refractivity contribution is 7.90. The molecule has 0 saturated carbocycles. The monoisotopic (exact) mass is 476 g/mol. The molecular weight excluding hydrogens is 448 g/mol. The van der Waals surface area contributed by atoms with Gasteiger partial charge in [-0.05, 0) is 61.7 Å². The van der Waals surface area contributed by atoms with Crippen molar-refractivity contribution in [2.24, 2.45) is 0 Å². The van der Waals surface area contributed by atoms with Crippen LogP contribution in [0.5, 0.6) is 0 Å². The third-order valence-electron chi connectivity index (χ3n) is 5.72. The molecule has 2 amide bonds. The van der Waals surface area contributed by atoms with Crippen molar-refractivity contribution < 1.29 is 13.2 Å². The average molecular weight is 477 g/mol. The van der Waals surface area contributed by atoms with Crippen LogP contribution in [0.25, 0.3) is 16.7 Å². The van der Waals surface area contributed by atoms with Gasteiger partial charge in [-0.2, -0.15) is 0 Å². The standard InChI is InChI=1S/C26H28N4O3S/c1-4-24-28-23-7-5-6-19(3)25(23)30(24)21-12-10-20(11-13-21)16-17-27-26(31)29-34(32,33)22-14-8-18(2)9-15-22/h5-15H,4,16-17H2,1-3H3,(H2,27,29,31). The minimum absolute atomic E-state index is 0.0533. The molecule has 7 nitrogen and oxygen atoms in total. The van der Waals surface area contributed by atoms with Crippen molar-refractivity contribution in [1.29, 1.82) is 0 Å². The molecule has 1 aromatic heterocycles. The Hall–Kier alpha value is -3.65. The number of nitrogens with one attached hydrogen (secondary N) is 2. The molecule has 2 N–H and O–H groups in total. The summed E-state index contributed by atoms with van der Waals surface area (Å²) in [5.41, 5.74) is 6.27. The molecule has 3 aromatic carbocycles. The number of hydrogen-bond acceptors (Lipinski definition) is 4. The molecule has 0 aliphatic carbocycles. The van der Waals surface area contributed by atoms with Crippen LogP contribution in [0.15, 0.2) is 71.6 Å². The Morgan fingerprint density at radius 2 is 1.68 bits per heavy atom. The topological polar surface area (TPSA) is 93.1 Å². The van der Waals surface area contributed by atoms with E-state index < -0.39 is 16.1 Å². The van der Waals surface area contributed by atoms with E-state index in [1.807, 2.05) is 43.3 Å². The normalized spacial score (nSPS) is 11.5. The molecule has 176 valence electrons. The number of amides is 2. The minimum atomic E-state index is -3.90. The minimum Gasteiger partial charge on any atom is -0.337 e. The lowest BCUT2D eigenvalue weighted by Crippen LogP contribution is -2.40. The summed E-state index contributed by atoms with van der Waals surface area (Å²) in [6, 6.07) is 19.8. The van der Waals surface area contributed by atoms with Gasteiger partial charge < -0.3 is 5.32 Å². The first-order chi connectivity index (χ1) is 16.3. The number of benzene rings is 3. The Bertz CT molecular complexity index is 1420. The van der Waals surface area contributed by atoms with E-state index in [9.17, 15) is 13.2 Å². The third kappa shape index (κ3) is 4.97. The first kappa shape index (κ1) is 23.5. The predicted molar refractivity (Wildman–Crippen MR) is 134 cm³/mol. The highest BCUT2D eigenvalue weighted by Crippen LogP contribution is 2.25. The molecule has 4 aromatic rings.